The molecule has 3 rings (SSSR count). The third kappa shape index (κ3) is 3.32. The largest absolute Gasteiger partial charge is 0.461 e. The lowest BCUT2D eigenvalue weighted by atomic mass is 10.1. The van der Waals surface area contributed by atoms with E-state index >= 15 is 0 Å². The van der Waals surface area contributed by atoms with Crippen molar-refractivity contribution in [2.75, 3.05) is 6.54 Å². The summed E-state index contributed by atoms with van der Waals surface area (Å²) in [6.07, 6.45) is 2.90. The zero-order chi connectivity index (χ0) is 16.2. The van der Waals surface area contributed by atoms with Gasteiger partial charge in [-0.3, -0.25) is 4.68 Å². The van der Waals surface area contributed by atoms with E-state index in [0.717, 1.165) is 43.7 Å². The molecule has 4 nitrogen and oxygen atoms in total. The molecule has 0 fully saturated rings. The second-order valence-corrected chi connectivity index (χ2v) is 5.88. The Bertz CT molecular complexity index is 752. The standard InChI is InChI=1S/C19H25N3O/c1-4-17-16(18(5-2)22(3)21-17)13-20-11-10-15-12-14-8-6-7-9-19(14)23-15/h6-9,12,20H,4-5,10-11,13H2,1-3H3. The van der Waals surface area contributed by atoms with Crippen LogP contribution in [-0.4, -0.2) is 16.3 Å². The lowest BCUT2D eigenvalue weighted by Gasteiger charge is -2.06. The molecular formula is C19H25N3O. The zero-order valence-corrected chi connectivity index (χ0v) is 14.2. The van der Waals surface area contributed by atoms with Gasteiger partial charge in [0.05, 0.1) is 5.69 Å². The van der Waals surface area contributed by atoms with Crippen molar-refractivity contribution in [2.24, 2.45) is 7.05 Å². The molecule has 122 valence electrons. The van der Waals surface area contributed by atoms with Crippen LogP contribution in [-0.2, 0) is 32.9 Å². The molecule has 0 saturated heterocycles. The number of aryl methyl sites for hydroxylation is 2. The van der Waals surface area contributed by atoms with Crippen molar-refractivity contribution in [2.45, 2.75) is 39.7 Å². The van der Waals surface area contributed by atoms with Crippen molar-refractivity contribution in [3.8, 4) is 0 Å². The van der Waals surface area contributed by atoms with Crippen molar-refractivity contribution in [1.29, 1.82) is 0 Å². The van der Waals surface area contributed by atoms with Gasteiger partial charge in [0.15, 0.2) is 0 Å². The number of nitrogens with one attached hydrogen (secondary N) is 1. The highest BCUT2D eigenvalue weighted by Gasteiger charge is 2.13. The fraction of sp³-hybridized carbons (Fsp3) is 0.421. The summed E-state index contributed by atoms with van der Waals surface area (Å²) in [7, 11) is 2.04. The Labute approximate surface area is 137 Å². The van der Waals surface area contributed by atoms with Gasteiger partial charge in [0.25, 0.3) is 0 Å². The number of hydrogen-bond donors (Lipinski definition) is 1. The van der Waals surface area contributed by atoms with Gasteiger partial charge in [-0.25, -0.2) is 0 Å². The molecule has 0 aliphatic rings. The van der Waals surface area contributed by atoms with Gasteiger partial charge in [-0.05, 0) is 25.0 Å². The van der Waals surface area contributed by atoms with Crippen molar-refractivity contribution >= 4 is 11.0 Å². The number of hydrogen-bond acceptors (Lipinski definition) is 3. The van der Waals surface area contributed by atoms with E-state index in [0.29, 0.717) is 0 Å². The van der Waals surface area contributed by atoms with E-state index in [1.54, 1.807) is 0 Å². The van der Waals surface area contributed by atoms with Crippen LogP contribution in [0.15, 0.2) is 34.7 Å². The summed E-state index contributed by atoms with van der Waals surface area (Å²) < 4.78 is 7.88. The fourth-order valence-electron chi connectivity index (χ4n) is 3.18. The Hall–Kier alpha value is -2.07. The first kappa shape index (κ1) is 15.8. The molecule has 0 spiro atoms. The molecule has 0 saturated carbocycles. The van der Waals surface area contributed by atoms with Gasteiger partial charge in [0.1, 0.15) is 11.3 Å². The monoisotopic (exact) mass is 311 g/mol. The highest BCUT2D eigenvalue weighted by Crippen LogP contribution is 2.19. The third-order valence-corrected chi connectivity index (χ3v) is 4.35. The number of nitrogens with zero attached hydrogens (tertiary/aromatic N) is 2. The first-order chi connectivity index (χ1) is 11.2. The van der Waals surface area contributed by atoms with Crippen LogP contribution in [0.3, 0.4) is 0 Å². The highest BCUT2D eigenvalue weighted by atomic mass is 16.3. The van der Waals surface area contributed by atoms with Crippen LogP contribution in [0, 0.1) is 0 Å². The minimum atomic E-state index is 0.875. The van der Waals surface area contributed by atoms with E-state index in [1.807, 2.05) is 29.9 Å². The molecule has 0 aliphatic carbocycles. The van der Waals surface area contributed by atoms with Crippen molar-refractivity contribution in [1.82, 2.24) is 15.1 Å². The molecular weight excluding hydrogens is 286 g/mol. The second kappa shape index (κ2) is 7.01. The number of benzene rings is 1. The van der Waals surface area contributed by atoms with E-state index in [1.165, 1.54) is 22.3 Å². The Balaban J connectivity index is 1.59. The predicted molar refractivity (Wildman–Crippen MR) is 93.6 cm³/mol. The van der Waals surface area contributed by atoms with Gasteiger partial charge in [-0.1, -0.05) is 32.0 Å². The van der Waals surface area contributed by atoms with Crippen LogP contribution in [0.1, 0.15) is 36.6 Å². The van der Waals surface area contributed by atoms with E-state index in [-0.39, 0.29) is 0 Å². The summed E-state index contributed by atoms with van der Waals surface area (Å²) in [6.45, 7) is 6.13. The average molecular weight is 311 g/mol. The minimum Gasteiger partial charge on any atom is -0.461 e. The van der Waals surface area contributed by atoms with E-state index in [9.17, 15) is 0 Å². The van der Waals surface area contributed by atoms with Gasteiger partial charge >= 0.3 is 0 Å². The molecule has 23 heavy (non-hydrogen) atoms. The molecule has 0 unspecified atom stereocenters. The summed E-state index contributed by atoms with van der Waals surface area (Å²) in [5.74, 6) is 1.04. The van der Waals surface area contributed by atoms with E-state index in [4.69, 9.17) is 4.42 Å². The molecule has 0 amide bonds. The lowest BCUT2D eigenvalue weighted by molar-refractivity contribution is 0.532. The van der Waals surface area contributed by atoms with Crippen molar-refractivity contribution < 1.29 is 4.42 Å². The van der Waals surface area contributed by atoms with Gasteiger partial charge in [-0.2, -0.15) is 5.10 Å². The summed E-state index contributed by atoms with van der Waals surface area (Å²) >= 11 is 0. The first-order valence-corrected chi connectivity index (χ1v) is 8.44. The normalized spacial score (nSPS) is 11.4. The van der Waals surface area contributed by atoms with Gasteiger partial charge in [-0.15, -0.1) is 0 Å². The molecule has 0 bridgehead atoms. The van der Waals surface area contributed by atoms with Crippen molar-refractivity contribution in [3.63, 3.8) is 0 Å². The molecule has 0 atom stereocenters. The maximum Gasteiger partial charge on any atom is 0.134 e. The summed E-state index contributed by atoms with van der Waals surface area (Å²) in [5.41, 5.74) is 4.87. The average Bonchev–Trinajstić information content (AvgIpc) is 3.11. The Morgan fingerprint density at radius 2 is 2.00 bits per heavy atom. The van der Waals surface area contributed by atoms with Crippen LogP contribution >= 0.6 is 0 Å². The lowest BCUT2D eigenvalue weighted by Crippen LogP contribution is -2.18. The van der Waals surface area contributed by atoms with Crippen LogP contribution < -0.4 is 5.32 Å². The second-order valence-electron chi connectivity index (χ2n) is 5.88. The van der Waals surface area contributed by atoms with Gasteiger partial charge in [0.2, 0.25) is 0 Å². The Kier molecular flexibility index (Phi) is 4.82. The molecule has 3 aromatic rings. The smallest absolute Gasteiger partial charge is 0.134 e. The number of para-hydroxylation sites is 1. The maximum absolute atomic E-state index is 5.86. The quantitative estimate of drug-likeness (QED) is 0.678. The predicted octanol–water partition coefficient (Wildman–Crippen LogP) is 3.62. The summed E-state index contributed by atoms with van der Waals surface area (Å²) in [6, 6.07) is 10.3. The van der Waals surface area contributed by atoms with Crippen molar-refractivity contribution in [3.05, 3.63) is 53.0 Å². The molecule has 1 N–H and O–H groups in total. The van der Waals surface area contributed by atoms with Gasteiger partial charge in [0, 0.05) is 43.2 Å². The SMILES string of the molecule is CCc1nn(C)c(CC)c1CNCCc1cc2ccccc2o1. The molecule has 0 aliphatic heterocycles. The highest BCUT2D eigenvalue weighted by molar-refractivity contribution is 5.77. The van der Waals surface area contributed by atoms with Crippen LogP contribution in [0.2, 0.25) is 0 Å². The Morgan fingerprint density at radius 1 is 1.17 bits per heavy atom. The summed E-state index contributed by atoms with van der Waals surface area (Å²) in [5, 5.41) is 9.34. The zero-order valence-electron chi connectivity index (χ0n) is 14.2. The van der Waals surface area contributed by atoms with Crippen LogP contribution in [0.25, 0.3) is 11.0 Å². The molecule has 2 heterocycles. The molecule has 2 aromatic heterocycles. The first-order valence-electron chi connectivity index (χ1n) is 8.44. The third-order valence-electron chi connectivity index (χ3n) is 4.35. The minimum absolute atomic E-state index is 0.875. The number of aromatic nitrogens is 2. The number of rotatable bonds is 7. The number of fused-ring (bicyclic) bond motifs is 1. The number of furan rings is 1. The summed E-state index contributed by atoms with van der Waals surface area (Å²) in [4.78, 5) is 0. The molecule has 0 radical (unpaired) electrons. The molecule has 1 aromatic carbocycles. The van der Waals surface area contributed by atoms with E-state index < -0.39 is 0 Å². The topological polar surface area (TPSA) is 43.0 Å². The van der Waals surface area contributed by atoms with Gasteiger partial charge < -0.3 is 9.73 Å². The Morgan fingerprint density at radius 3 is 2.74 bits per heavy atom. The molecule has 4 heteroatoms. The fourth-order valence-corrected chi connectivity index (χ4v) is 3.18. The van der Waals surface area contributed by atoms with Crippen LogP contribution in [0.4, 0.5) is 0 Å². The van der Waals surface area contributed by atoms with Crippen LogP contribution in [0.5, 0.6) is 0 Å². The maximum atomic E-state index is 5.86. The van der Waals surface area contributed by atoms with E-state index in [2.05, 4.69) is 36.4 Å².